The van der Waals surface area contributed by atoms with Gasteiger partial charge in [-0.15, -0.1) is 0 Å². The molecule has 2 aromatic carbocycles. The lowest BCUT2D eigenvalue weighted by Gasteiger charge is -2.07. The summed E-state index contributed by atoms with van der Waals surface area (Å²) >= 11 is 4.81. The second-order valence-corrected chi connectivity index (χ2v) is 6.98. The molecule has 3 aromatic rings. The quantitative estimate of drug-likeness (QED) is 0.457. The molecule has 0 fully saturated rings. The van der Waals surface area contributed by atoms with Gasteiger partial charge >= 0.3 is 0 Å². The number of ether oxygens (including phenoxy) is 1. The Balaban J connectivity index is 1.76. The predicted octanol–water partition coefficient (Wildman–Crippen LogP) is 4.68. The molecule has 6 heteroatoms. The van der Waals surface area contributed by atoms with Gasteiger partial charge in [0.25, 0.3) is 0 Å². The van der Waals surface area contributed by atoms with Gasteiger partial charge in [-0.05, 0) is 53.2 Å². The SMILES string of the molecule is COc1ccc(C(=O)CSc2nc3ccccc3nc2C)cc1Br. The average molecular weight is 403 g/mol. The van der Waals surface area contributed by atoms with Crippen LogP contribution in [-0.2, 0) is 0 Å². The largest absolute Gasteiger partial charge is 0.496 e. The first-order valence-electron chi connectivity index (χ1n) is 7.31. The van der Waals surface area contributed by atoms with Crippen LogP contribution in [0.25, 0.3) is 11.0 Å². The molecule has 0 spiro atoms. The highest BCUT2D eigenvalue weighted by molar-refractivity contribution is 9.10. The topological polar surface area (TPSA) is 52.1 Å². The number of benzene rings is 2. The Morgan fingerprint density at radius 2 is 1.88 bits per heavy atom. The maximum Gasteiger partial charge on any atom is 0.173 e. The number of thioether (sulfide) groups is 1. The number of aryl methyl sites for hydroxylation is 1. The first-order valence-corrected chi connectivity index (χ1v) is 9.09. The van der Waals surface area contributed by atoms with Crippen LogP contribution in [0.15, 0.2) is 52.0 Å². The highest BCUT2D eigenvalue weighted by atomic mass is 79.9. The minimum absolute atomic E-state index is 0.0395. The first-order chi connectivity index (χ1) is 11.6. The molecule has 0 amide bonds. The van der Waals surface area contributed by atoms with Crippen molar-refractivity contribution in [2.24, 2.45) is 0 Å². The molecule has 1 aromatic heterocycles. The van der Waals surface area contributed by atoms with E-state index in [4.69, 9.17) is 4.74 Å². The molecule has 0 N–H and O–H groups in total. The number of carbonyl (C=O) groups is 1. The minimum Gasteiger partial charge on any atom is -0.496 e. The number of Topliss-reactive ketones (excluding diaryl/α,β-unsaturated/α-hetero) is 1. The smallest absolute Gasteiger partial charge is 0.173 e. The van der Waals surface area contributed by atoms with Gasteiger partial charge in [0.05, 0.1) is 34.1 Å². The van der Waals surface area contributed by atoms with Gasteiger partial charge in [0.15, 0.2) is 5.78 Å². The van der Waals surface area contributed by atoms with Gasteiger partial charge in [-0.25, -0.2) is 9.97 Å². The molecule has 0 saturated carbocycles. The molecule has 4 nitrogen and oxygen atoms in total. The average Bonchev–Trinajstić information content (AvgIpc) is 2.59. The van der Waals surface area contributed by atoms with Gasteiger partial charge in [-0.3, -0.25) is 4.79 Å². The molecule has 24 heavy (non-hydrogen) atoms. The zero-order valence-electron chi connectivity index (χ0n) is 13.2. The van der Waals surface area contributed by atoms with E-state index in [9.17, 15) is 4.79 Å². The van der Waals surface area contributed by atoms with Crippen molar-refractivity contribution in [2.45, 2.75) is 11.9 Å². The number of aromatic nitrogens is 2. The lowest BCUT2D eigenvalue weighted by molar-refractivity contribution is 0.102. The van der Waals surface area contributed by atoms with E-state index in [0.717, 1.165) is 26.2 Å². The number of methoxy groups -OCH3 is 1. The van der Waals surface area contributed by atoms with E-state index in [1.54, 1.807) is 25.3 Å². The van der Waals surface area contributed by atoms with Crippen molar-refractivity contribution in [3.8, 4) is 5.75 Å². The predicted molar refractivity (Wildman–Crippen MR) is 100 cm³/mol. The number of hydrogen-bond donors (Lipinski definition) is 0. The van der Waals surface area contributed by atoms with Crippen LogP contribution in [0.3, 0.4) is 0 Å². The highest BCUT2D eigenvalue weighted by Gasteiger charge is 2.12. The second-order valence-electron chi connectivity index (χ2n) is 5.16. The van der Waals surface area contributed by atoms with Crippen LogP contribution in [0.2, 0.25) is 0 Å². The molecule has 1 heterocycles. The van der Waals surface area contributed by atoms with Crippen LogP contribution in [0.5, 0.6) is 5.75 Å². The van der Waals surface area contributed by atoms with Gasteiger partial charge in [-0.1, -0.05) is 23.9 Å². The zero-order chi connectivity index (χ0) is 17.1. The molecule has 0 saturated heterocycles. The van der Waals surface area contributed by atoms with Crippen molar-refractivity contribution in [3.63, 3.8) is 0 Å². The third-order valence-electron chi connectivity index (χ3n) is 3.52. The Labute approximate surface area is 152 Å². The summed E-state index contributed by atoms with van der Waals surface area (Å²) in [5.41, 5.74) is 3.18. The molecular formula is C18H15BrN2O2S. The molecule has 0 atom stereocenters. The van der Waals surface area contributed by atoms with E-state index < -0.39 is 0 Å². The van der Waals surface area contributed by atoms with E-state index in [1.165, 1.54) is 11.8 Å². The number of para-hydroxylation sites is 2. The minimum atomic E-state index is 0.0395. The molecule has 0 aliphatic rings. The number of fused-ring (bicyclic) bond motifs is 1. The number of carbonyl (C=O) groups excluding carboxylic acids is 1. The number of halogens is 1. The fraction of sp³-hybridized carbons (Fsp3) is 0.167. The van der Waals surface area contributed by atoms with E-state index in [0.29, 0.717) is 17.1 Å². The maximum absolute atomic E-state index is 12.4. The second kappa shape index (κ2) is 7.32. The van der Waals surface area contributed by atoms with Crippen LogP contribution >= 0.6 is 27.7 Å². The summed E-state index contributed by atoms with van der Waals surface area (Å²) in [7, 11) is 1.60. The van der Waals surface area contributed by atoms with Gasteiger partial charge in [-0.2, -0.15) is 0 Å². The van der Waals surface area contributed by atoms with E-state index in [1.807, 2.05) is 31.2 Å². The Hall–Kier alpha value is -1.92. The van der Waals surface area contributed by atoms with Crippen LogP contribution in [0, 0.1) is 6.92 Å². The number of hydrogen-bond acceptors (Lipinski definition) is 5. The van der Waals surface area contributed by atoms with Crippen LogP contribution in [0.4, 0.5) is 0 Å². The molecular weight excluding hydrogens is 388 g/mol. The van der Waals surface area contributed by atoms with Crippen molar-refractivity contribution in [1.29, 1.82) is 0 Å². The molecule has 0 bridgehead atoms. The molecule has 0 aliphatic carbocycles. The Bertz CT molecular complexity index is 915. The standard InChI is InChI=1S/C18H15BrN2O2S/c1-11-18(21-15-6-4-3-5-14(15)20-11)24-10-16(22)12-7-8-17(23-2)13(19)9-12/h3-9H,10H2,1-2H3. The fourth-order valence-electron chi connectivity index (χ4n) is 2.27. The third-order valence-corrected chi connectivity index (χ3v) is 5.20. The molecule has 0 unspecified atom stereocenters. The Morgan fingerprint density at radius 1 is 1.17 bits per heavy atom. The highest BCUT2D eigenvalue weighted by Crippen LogP contribution is 2.27. The van der Waals surface area contributed by atoms with Gasteiger partial charge in [0, 0.05) is 5.56 Å². The summed E-state index contributed by atoms with van der Waals surface area (Å²) < 4.78 is 5.95. The van der Waals surface area contributed by atoms with Gasteiger partial charge < -0.3 is 4.74 Å². The third kappa shape index (κ3) is 3.60. The van der Waals surface area contributed by atoms with Crippen molar-refractivity contribution in [2.75, 3.05) is 12.9 Å². The van der Waals surface area contributed by atoms with Crippen LogP contribution in [-0.4, -0.2) is 28.6 Å². The Kier molecular flexibility index (Phi) is 5.16. The summed E-state index contributed by atoms with van der Waals surface area (Å²) in [6.07, 6.45) is 0. The Morgan fingerprint density at radius 3 is 2.54 bits per heavy atom. The molecule has 0 radical (unpaired) electrons. The summed E-state index contributed by atoms with van der Waals surface area (Å²) in [5, 5.41) is 0.787. The van der Waals surface area contributed by atoms with E-state index >= 15 is 0 Å². The van der Waals surface area contributed by atoms with Gasteiger partial charge in [0.2, 0.25) is 0 Å². The monoisotopic (exact) mass is 402 g/mol. The normalized spacial score (nSPS) is 10.8. The zero-order valence-corrected chi connectivity index (χ0v) is 15.6. The van der Waals surface area contributed by atoms with Crippen molar-refractivity contribution >= 4 is 44.5 Å². The van der Waals surface area contributed by atoms with Crippen molar-refractivity contribution in [1.82, 2.24) is 9.97 Å². The van der Waals surface area contributed by atoms with E-state index in [2.05, 4.69) is 25.9 Å². The number of nitrogens with zero attached hydrogens (tertiary/aromatic N) is 2. The van der Waals surface area contributed by atoms with Crippen molar-refractivity contribution in [3.05, 3.63) is 58.2 Å². The van der Waals surface area contributed by atoms with Gasteiger partial charge in [0.1, 0.15) is 10.8 Å². The van der Waals surface area contributed by atoms with Crippen LogP contribution in [0.1, 0.15) is 16.1 Å². The van der Waals surface area contributed by atoms with E-state index in [-0.39, 0.29) is 5.78 Å². The fourth-order valence-corrected chi connectivity index (χ4v) is 3.66. The molecule has 122 valence electrons. The molecule has 3 rings (SSSR count). The summed E-state index contributed by atoms with van der Waals surface area (Å²) in [6.45, 7) is 1.91. The number of ketones is 1. The molecule has 0 aliphatic heterocycles. The van der Waals surface area contributed by atoms with Crippen molar-refractivity contribution < 1.29 is 9.53 Å². The lowest BCUT2D eigenvalue weighted by atomic mass is 10.1. The maximum atomic E-state index is 12.4. The number of rotatable bonds is 5. The van der Waals surface area contributed by atoms with Crippen LogP contribution < -0.4 is 4.74 Å². The summed E-state index contributed by atoms with van der Waals surface area (Å²) in [5.74, 6) is 1.06. The first kappa shape index (κ1) is 16.9. The summed E-state index contributed by atoms with van der Waals surface area (Å²) in [6, 6.07) is 13.1. The summed E-state index contributed by atoms with van der Waals surface area (Å²) in [4.78, 5) is 21.6. The lowest BCUT2D eigenvalue weighted by Crippen LogP contribution is -2.04.